The fraction of sp³-hybridized carbons (Fsp3) is 0.667. The third-order valence-electron chi connectivity index (χ3n) is 2.45. The van der Waals surface area contributed by atoms with Gasteiger partial charge in [-0.1, -0.05) is 39.0 Å². The van der Waals surface area contributed by atoms with E-state index in [1.165, 1.54) is 25.7 Å². The third-order valence-corrected chi connectivity index (χ3v) is 2.45. The van der Waals surface area contributed by atoms with Gasteiger partial charge in [0.1, 0.15) is 11.9 Å². The van der Waals surface area contributed by atoms with Crippen molar-refractivity contribution in [2.24, 2.45) is 0 Å². The fourth-order valence-electron chi connectivity index (χ4n) is 1.56. The molecule has 0 bridgehead atoms. The molecule has 0 aliphatic carbocycles. The lowest BCUT2D eigenvalue weighted by molar-refractivity contribution is 0.136. The molecule has 0 aliphatic heterocycles. The molecule has 0 spiro atoms. The van der Waals surface area contributed by atoms with Crippen LogP contribution in [-0.2, 0) is 0 Å². The van der Waals surface area contributed by atoms with Crippen molar-refractivity contribution in [3.05, 3.63) is 24.2 Å². The van der Waals surface area contributed by atoms with E-state index in [0.29, 0.717) is 5.76 Å². The summed E-state index contributed by atoms with van der Waals surface area (Å²) in [5.74, 6) is 0.695. The van der Waals surface area contributed by atoms with Gasteiger partial charge in [-0.25, -0.2) is 0 Å². The SMILES string of the molecule is CCCCCCC[C@@H](O)c1ccco1. The van der Waals surface area contributed by atoms with Gasteiger partial charge in [-0.05, 0) is 18.6 Å². The molecule has 0 saturated carbocycles. The van der Waals surface area contributed by atoms with E-state index in [2.05, 4.69) is 6.92 Å². The monoisotopic (exact) mass is 196 g/mol. The van der Waals surface area contributed by atoms with Gasteiger partial charge >= 0.3 is 0 Å². The van der Waals surface area contributed by atoms with Crippen molar-refractivity contribution in [1.29, 1.82) is 0 Å². The van der Waals surface area contributed by atoms with Crippen molar-refractivity contribution >= 4 is 0 Å². The molecule has 0 unspecified atom stereocenters. The highest BCUT2D eigenvalue weighted by atomic mass is 16.4. The molecule has 0 fully saturated rings. The van der Waals surface area contributed by atoms with Crippen LogP contribution in [0.15, 0.2) is 22.8 Å². The van der Waals surface area contributed by atoms with Crippen LogP contribution < -0.4 is 0 Å². The number of furan rings is 1. The molecule has 2 heteroatoms. The lowest BCUT2D eigenvalue weighted by Gasteiger charge is -2.06. The fourth-order valence-corrected chi connectivity index (χ4v) is 1.56. The van der Waals surface area contributed by atoms with Crippen LogP contribution in [0.1, 0.15) is 57.3 Å². The molecule has 0 aromatic carbocycles. The number of aliphatic hydroxyl groups excluding tert-OH is 1. The molecule has 0 saturated heterocycles. The smallest absolute Gasteiger partial charge is 0.132 e. The van der Waals surface area contributed by atoms with E-state index in [1.807, 2.05) is 12.1 Å². The minimum Gasteiger partial charge on any atom is -0.467 e. The Kier molecular flexibility index (Phi) is 5.38. The van der Waals surface area contributed by atoms with Crippen LogP contribution in [0.2, 0.25) is 0 Å². The first-order chi connectivity index (χ1) is 6.84. The maximum atomic E-state index is 9.67. The molecule has 1 atom stereocenters. The Balaban J connectivity index is 2.07. The Morgan fingerprint density at radius 2 is 2.07 bits per heavy atom. The van der Waals surface area contributed by atoms with Gasteiger partial charge in [0, 0.05) is 0 Å². The lowest BCUT2D eigenvalue weighted by Crippen LogP contribution is -1.95. The molecule has 80 valence electrons. The van der Waals surface area contributed by atoms with Gasteiger partial charge in [-0.2, -0.15) is 0 Å². The van der Waals surface area contributed by atoms with E-state index in [0.717, 1.165) is 12.8 Å². The molecule has 1 rings (SSSR count). The first-order valence-electron chi connectivity index (χ1n) is 5.56. The molecule has 1 aromatic rings. The van der Waals surface area contributed by atoms with Gasteiger partial charge in [0.05, 0.1) is 6.26 Å². The zero-order valence-electron chi connectivity index (χ0n) is 8.91. The Morgan fingerprint density at radius 1 is 1.29 bits per heavy atom. The van der Waals surface area contributed by atoms with Crippen molar-refractivity contribution in [2.45, 2.75) is 51.6 Å². The number of rotatable bonds is 7. The zero-order valence-corrected chi connectivity index (χ0v) is 8.91. The molecule has 14 heavy (non-hydrogen) atoms. The predicted molar refractivity (Wildman–Crippen MR) is 57.0 cm³/mol. The van der Waals surface area contributed by atoms with Crippen LogP contribution in [0, 0.1) is 0 Å². The number of hydrogen-bond donors (Lipinski definition) is 1. The second-order valence-corrected chi connectivity index (χ2v) is 3.73. The summed E-state index contributed by atoms with van der Waals surface area (Å²) in [7, 11) is 0. The van der Waals surface area contributed by atoms with Crippen molar-refractivity contribution in [3.8, 4) is 0 Å². The van der Waals surface area contributed by atoms with Crippen LogP contribution in [-0.4, -0.2) is 5.11 Å². The standard InChI is InChI=1S/C12H20O2/c1-2-3-4-5-6-8-11(13)12-9-7-10-14-12/h7,9-11,13H,2-6,8H2,1H3/t11-/m1/s1. The molecule has 1 heterocycles. The third kappa shape index (κ3) is 3.97. The van der Waals surface area contributed by atoms with Crippen LogP contribution in [0.5, 0.6) is 0 Å². The summed E-state index contributed by atoms with van der Waals surface area (Å²) in [4.78, 5) is 0. The Hall–Kier alpha value is -0.760. The molecular formula is C12H20O2. The molecule has 0 aliphatic rings. The van der Waals surface area contributed by atoms with E-state index in [9.17, 15) is 5.11 Å². The van der Waals surface area contributed by atoms with Gasteiger partial charge in [0.2, 0.25) is 0 Å². The average Bonchev–Trinajstić information content (AvgIpc) is 2.70. The highest BCUT2D eigenvalue weighted by Crippen LogP contribution is 2.20. The molecule has 2 nitrogen and oxygen atoms in total. The van der Waals surface area contributed by atoms with Gasteiger partial charge in [-0.3, -0.25) is 0 Å². The quantitative estimate of drug-likeness (QED) is 0.675. The Labute approximate surface area is 85.9 Å². The van der Waals surface area contributed by atoms with E-state index in [1.54, 1.807) is 6.26 Å². The van der Waals surface area contributed by atoms with Crippen LogP contribution >= 0.6 is 0 Å². The second kappa shape index (κ2) is 6.66. The summed E-state index contributed by atoms with van der Waals surface area (Å²) in [5.41, 5.74) is 0. The predicted octanol–water partition coefficient (Wildman–Crippen LogP) is 3.67. The summed E-state index contributed by atoms with van der Waals surface area (Å²) in [6, 6.07) is 3.65. The Bertz CT molecular complexity index is 216. The van der Waals surface area contributed by atoms with Crippen molar-refractivity contribution in [2.75, 3.05) is 0 Å². The van der Waals surface area contributed by atoms with Crippen molar-refractivity contribution in [1.82, 2.24) is 0 Å². The molecule has 1 aromatic heterocycles. The first kappa shape index (κ1) is 11.3. The number of hydrogen-bond acceptors (Lipinski definition) is 2. The number of unbranched alkanes of at least 4 members (excludes halogenated alkanes) is 4. The maximum absolute atomic E-state index is 9.67. The number of aliphatic hydroxyl groups is 1. The largest absolute Gasteiger partial charge is 0.467 e. The van der Waals surface area contributed by atoms with Crippen LogP contribution in [0.3, 0.4) is 0 Å². The Morgan fingerprint density at radius 3 is 2.71 bits per heavy atom. The second-order valence-electron chi connectivity index (χ2n) is 3.73. The summed E-state index contributed by atoms with van der Waals surface area (Å²) < 4.78 is 5.12. The maximum Gasteiger partial charge on any atom is 0.132 e. The highest BCUT2D eigenvalue weighted by molar-refractivity contribution is 5.01. The van der Waals surface area contributed by atoms with Gasteiger partial charge in [-0.15, -0.1) is 0 Å². The highest BCUT2D eigenvalue weighted by Gasteiger charge is 2.08. The molecular weight excluding hydrogens is 176 g/mol. The zero-order chi connectivity index (χ0) is 10.2. The van der Waals surface area contributed by atoms with Gasteiger partial charge < -0.3 is 9.52 Å². The van der Waals surface area contributed by atoms with Gasteiger partial charge in [0.15, 0.2) is 0 Å². The van der Waals surface area contributed by atoms with Crippen molar-refractivity contribution in [3.63, 3.8) is 0 Å². The summed E-state index contributed by atoms with van der Waals surface area (Å²) in [5, 5.41) is 9.67. The molecule has 0 amide bonds. The normalized spacial score (nSPS) is 13.0. The topological polar surface area (TPSA) is 33.4 Å². The summed E-state index contributed by atoms with van der Waals surface area (Å²) >= 11 is 0. The van der Waals surface area contributed by atoms with Crippen LogP contribution in [0.4, 0.5) is 0 Å². The first-order valence-corrected chi connectivity index (χ1v) is 5.56. The summed E-state index contributed by atoms with van der Waals surface area (Å²) in [6.45, 7) is 2.21. The molecule has 0 radical (unpaired) electrons. The van der Waals surface area contributed by atoms with E-state index in [-0.39, 0.29) is 0 Å². The van der Waals surface area contributed by atoms with Crippen molar-refractivity contribution < 1.29 is 9.52 Å². The average molecular weight is 196 g/mol. The van der Waals surface area contributed by atoms with Crippen LogP contribution in [0.25, 0.3) is 0 Å². The van der Waals surface area contributed by atoms with E-state index < -0.39 is 6.10 Å². The van der Waals surface area contributed by atoms with E-state index in [4.69, 9.17) is 4.42 Å². The molecule has 1 N–H and O–H groups in total. The van der Waals surface area contributed by atoms with E-state index >= 15 is 0 Å². The minimum atomic E-state index is -0.411. The minimum absolute atomic E-state index is 0.411. The van der Waals surface area contributed by atoms with Gasteiger partial charge in [0.25, 0.3) is 0 Å². The summed E-state index contributed by atoms with van der Waals surface area (Å²) in [6.07, 6.45) is 8.16. The lowest BCUT2D eigenvalue weighted by atomic mass is 10.1.